The van der Waals surface area contributed by atoms with Gasteiger partial charge in [-0.15, -0.1) is 0 Å². The first-order valence-corrected chi connectivity index (χ1v) is 8.48. The zero-order chi connectivity index (χ0) is 15.1. The van der Waals surface area contributed by atoms with Crippen molar-refractivity contribution in [3.05, 3.63) is 79.7 Å². The van der Waals surface area contributed by atoms with E-state index in [1.165, 1.54) is 19.4 Å². The van der Waals surface area contributed by atoms with Gasteiger partial charge in [0.2, 0.25) is 0 Å². The number of phenolic OH excluding ortho intramolecular Hbond substituents is 1. The van der Waals surface area contributed by atoms with Gasteiger partial charge >= 0.3 is 28.7 Å². The Kier molecular flexibility index (Phi) is 7.90. The average Bonchev–Trinajstić information content (AvgIpc) is 2.57. The molecule has 0 aliphatic rings. The van der Waals surface area contributed by atoms with Gasteiger partial charge in [0.1, 0.15) is 5.75 Å². The summed E-state index contributed by atoms with van der Waals surface area (Å²) in [6, 6.07) is 21.3. The van der Waals surface area contributed by atoms with E-state index in [1.807, 2.05) is 60.7 Å². The Morgan fingerprint density at radius 2 is 1.50 bits per heavy atom. The minimum atomic E-state index is 0. The number of nitrogens with zero attached hydrogens (tertiary/aromatic N) is 1. The third-order valence-corrected chi connectivity index (χ3v) is 3.05. The van der Waals surface area contributed by atoms with Gasteiger partial charge in [0, 0.05) is 11.8 Å². The van der Waals surface area contributed by atoms with E-state index in [9.17, 15) is 5.11 Å². The van der Waals surface area contributed by atoms with E-state index in [4.69, 9.17) is 0 Å². The number of rotatable bonds is 2. The molecule has 3 rings (SSSR count). The van der Waals surface area contributed by atoms with Crippen molar-refractivity contribution in [1.29, 1.82) is 0 Å². The summed E-state index contributed by atoms with van der Waals surface area (Å²) < 4.78 is 0. The van der Waals surface area contributed by atoms with Crippen molar-refractivity contribution in [1.82, 2.24) is 0 Å². The van der Waals surface area contributed by atoms with Gasteiger partial charge in [-0.3, -0.25) is 4.99 Å². The number of para-hydroxylation sites is 1. The molecular formula is C18H16ClNOTi. The maximum absolute atomic E-state index is 10.00. The summed E-state index contributed by atoms with van der Waals surface area (Å²) in [6.45, 7) is 0. The Morgan fingerprint density at radius 3 is 2.23 bits per heavy atom. The molecule has 0 aliphatic heterocycles. The molecule has 0 spiro atoms. The molecular weight excluding hydrogens is 330 g/mol. The van der Waals surface area contributed by atoms with Crippen molar-refractivity contribution < 1.29 is 24.5 Å². The van der Waals surface area contributed by atoms with E-state index in [0.29, 0.717) is 0 Å². The van der Waals surface area contributed by atoms with Crippen LogP contribution in [0.4, 0.5) is 5.69 Å². The van der Waals surface area contributed by atoms with Crippen molar-refractivity contribution >= 4 is 32.0 Å². The molecule has 0 fully saturated rings. The monoisotopic (exact) mass is 345 g/mol. The molecule has 1 N–H and O–H groups in total. The summed E-state index contributed by atoms with van der Waals surface area (Å²) in [6.07, 6.45) is 1.72. The zero-order valence-corrected chi connectivity index (χ0v) is 14.5. The molecule has 22 heavy (non-hydrogen) atoms. The van der Waals surface area contributed by atoms with E-state index in [0.717, 1.165) is 22.0 Å². The first kappa shape index (κ1) is 18.4. The van der Waals surface area contributed by atoms with Crippen LogP contribution >= 0.6 is 9.30 Å². The van der Waals surface area contributed by atoms with Crippen LogP contribution in [0.25, 0.3) is 10.8 Å². The molecule has 0 bridgehead atoms. The molecule has 0 atom stereocenters. The van der Waals surface area contributed by atoms with E-state index in [-0.39, 0.29) is 13.2 Å². The maximum atomic E-state index is 10.00. The van der Waals surface area contributed by atoms with Crippen LogP contribution in [0.3, 0.4) is 0 Å². The molecule has 0 heterocycles. The van der Waals surface area contributed by atoms with Gasteiger partial charge in [-0.2, -0.15) is 0 Å². The van der Waals surface area contributed by atoms with Crippen molar-refractivity contribution in [2.24, 2.45) is 4.99 Å². The van der Waals surface area contributed by atoms with Crippen LogP contribution in [-0.4, -0.2) is 11.3 Å². The minimum absolute atomic E-state index is 0. The molecule has 110 valence electrons. The van der Waals surface area contributed by atoms with Crippen LogP contribution in [-0.2, 0) is 19.4 Å². The number of aliphatic imine (C=N–C) groups is 1. The van der Waals surface area contributed by atoms with Crippen LogP contribution in [0.5, 0.6) is 5.75 Å². The summed E-state index contributed by atoms with van der Waals surface area (Å²) in [7, 11) is 4.64. The van der Waals surface area contributed by atoms with Crippen molar-refractivity contribution in [2.75, 3.05) is 0 Å². The van der Waals surface area contributed by atoms with Crippen LogP contribution in [0.1, 0.15) is 5.56 Å². The van der Waals surface area contributed by atoms with Gasteiger partial charge in [-0.1, -0.05) is 48.5 Å². The van der Waals surface area contributed by atoms with Crippen molar-refractivity contribution in [3.63, 3.8) is 0 Å². The number of hydrogen-bond donors (Lipinski definition) is 1. The Balaban J connectivity index is 0.000000775. The Labute approximate surface area is 146 Å². The Hall–Kier alpha value is -1.61. The van der Waals surface area contributed by atoms with Gasteiger partial charge in [0.15, 0.2) is 0 Å². The predicted octanol–water partition coefficient (Wildman–Crippen LogP) is 5.43. The molecule has 3 aromatic rings. The van der Waals surface area contributed by atoms with E-state index < -0.39 is 0 Å². The number of halogens is 1. The van der Waals surface area contributed by atoms with Crippen LogP contribution < -0.4 is 0 Å². The fourth-order valence-electron chi connectivity index (χ4n) is 2.07. The topological polar surface area (TPSA) is 32.6 Å². The molecule has 0 unspecified atom stereocenters. The first-order chi connectivity index (χ1) is 10.3. The van der Waals surface area contributed by atoms with Gasteiger partial charge in [0.05, 0.1) is 5.69 Å². The van der Waals surface area contributed by atoms with Gasteiger partial charge in [-0.05, 0) is 29.0 Å². The standard InChI is InChI=1S/C17H13NO.CH3.ClH.Ti/c19-17-11-10-13-6-4-5-9-15(13)16(17)12-18-14-7-2-1-3-8-14;;;/h1-12,19H;1H3;1H;/q;-1;;+2/p-1. The molecule has 4 heteroatoms. The van der Waals surface area contributed by atoms with E-state index >= 15 is 0 Å². The summed E-state index contributed by atoms with van der Waals surface area (Å²) in [5, 5.41) is 12.1. The molecule has 0 aliphatic carbocycles. The first-order valence-electron chi connectivity index (χ1n) is 6.33. The van der Waals surface area contributed by atoms with E-state index in [2.05, 4.69) is 14.3 Å². The molecule has 2 nitrogen and oxygen atoms in total. The summed E-state index contributed by atoms with van der Waals surface area (Å²) >= 11 is 1.47. The summed E-state index contributed by atoms with van der Waals surface area (Å²) in [5.74, 6) is 0.249. The van der Waals surface area contributed by atoms with Crippen LogP contribution in [0.2, 0.25) is 0 Å². The van der Waals surface area contributed by atoms with Crippen LogP contribution in [0.15, 0.2) is 71.7 Å². The zero-order valence-electron chi connectivity index (χ0n) is 12.2. The van der Waals surface area contributed by atoms with Gasteiger partial charge < -0.3 is 12.5 Å². The van der Waals surface area contributed by atoms with Crippen molar-refractivity contribution in [3.8, 4) is 5.75 Å². The SMILES string of the molecule is Oc1ccc2ccccc2c1C=Nc1ccccc1.[CH3-].[Cl][Ti+]. The number of hydrogen-bond acceptors (Lipinski definition) is 2. The normalized spacial score (nSPS) is 9.82. The molecule has 0 amide bonds. The molecule has 0 saturated carbocycles. The summed E-state index contributed by atoms with van der Waals surface area (Å²) in [4.78, 5) is 4.40. The fraction of sp³-hybridized carbons (Fsp3) is 0. The third kappa shape index (κ3) is 4.44. The Bertz CT molecular complexity index is 744. The quantitative estimate of drug-likeness (QED) is 0.375. The number of benzene rings is 3. The summed E-state index contributed by atoms with van der Waals surface area (Å²) in [5.41, 5.74) is 1.62. The fourth-order valence-corrected chi connectivity index (χ4v) is 2.07. The predicted molar refractivity (Wildman–Crippen MR) is 91.6 cm³/mol. The Morgan fingerprint density at radius 1 is 0.864 bits per heavy atom. The van der Waals surface area contributed by atoms with E-state index in [1.54, 1.807) is 12.3 Å². The third-order valence-electron chi connectivity index (χ3n) is 3.05. The molecule has 0 radical (unpaired) electrons. The number of aromatic hydroxyl groups is 1. The molecule has 0 aromatic heterocycles. The average molecular weight is 346 g/mol. The molecule has 0 saturated heterocycles. The number of fused-ring (bicyclic) bond motifs is 1. The second kappa shape index (κ2) is 9.42. The molecule has 3 aromatic carbocycles. The van der Waals surface area contributed by atoms with Crippen LogP contribution in [0, 0.1) is 7.43 Å². The van der Waals surface area contributed by atoms with Gasteiger partial charge in [-0.25, -0.2) is 0 Å². The number of phenols is 1. The second-order valence-corrected chi connectivity index (χ2v) is 4.31. The van der Waals surface area contributed by atoms with Gasteiger partial charge in [0.25, 0.3) is 0 Å². The second-order valence-electron chi connectivity index (χ2n) is 4.31. The van der Waals surface area contributed by atoms with Crippen molar-refractivity contribution in [2.45, 2.75) is 0 Å².